The molecule has 0 N–H and O–H groups in total. The largest absolute Gasteiger partial charge is 0.339 e. The highest BCUT2D eigenvalue weighted by atomic mass is 35.5. The number of hydrogen-bond donors (Lipinski definition) is 0. The summed E-state index contributed by atoms with van der Waals surface area (Å²) in [5, 5.41) is 10.3. The number of piperidine rings is 1. The van der Waals surface area contributed by atoms with Crippen LogP contribution in [0.15, 0.2) is 59.8 Å². The van der Waals surface area contributed by atoms with E-state index in [2.05, 4.69) is 33.8 Å². The van der Waals surface area contributed by atoms with Gasteiger partial charge in [0.1, 0.15) is 0 Å². The number of nitrogens with zero attached hydrogens (tertiary/aromatic N) is 4. The minimum Gasteiger partial charge on any atom is -0.339 e. The minimum atomic E-state index is 0.175. The van der Waals surface area contributed by atoms with Crippen LogP contribution in [0.2, 0.25) is 5.02 Å². The van der Waals surface area contributed by atoms with Crippen molar-refractivity contribution in [2.45, 2.75) is 43.9 Å². The molecule has 1 amide bonds. The fourth-order valence-corrected chi connectivity index (χ4v) is 4.74. The van der Waals surface area contributed by atoms with Crippen LogP contribution in [-0.4, -0.2) is 43.9 Å². The van der Waals surface area contributed by atoms with E-state index < -0.39 is 0 Å². The Kier molecular flexibility index (Phi) is 6.75. The van der Waals surface area contributed by atoms with Crippen molar-refractivity contribution in [2.75, 3.05) is 12.3 Å². The average molecular weight is 441 g/mol. The van der Waals surface area contributed by atoms with Crippen LogP contribution in [-0.2, 0) is 11.3 Å². The van der Waals surface area contributed by atoms with E-state index in [1.165, 1.54) is 18.2 Å². The highest BCUT2D eigenvalue weighted by Gasteiger charge is 2.24. The van der Waals surface area contributed by atoms with E-state index in [-0.39, 0.29) is 5.91 Å². The van der Waals surface area contributed by atoms with E-state index in [0.717, 1.165) is 41.5 Å². The van der Waals surface area contributed by atoms with Crippen molar-refractivity contribution < 1.29 is 4.79 Å². The maximum absolute atomic E-state index is 12.8. The number of thioether (sulfide) groups is 1. The SMILES string of the molecule is C[C@H]1CCCCN1C(=O)CSc1nnc(-c2ccc(Cl)cc2)n1Cc1ccccc1. The highest BCUT2D eigenvalue weighted by Crippen LogP contribution is 2.27. The van der Waals surface area contributed by atoms with Crippen LogP contribution in [0.5, 0.6) is 0 Å². The Morgan fingerprint density at radius 2 is 1.87 bits per heavy atom. The fourth-order valence-electron chi connectivity index (χ4n) is 3.79. The molecule has 1 aliphatic heterocycles. The molecule has 0 saturated carbocycles. The van der Waals surface area contributed by atoms with Gasteiger partial charge in [0.05, 0.1) is 12.3 Å². The van der Waals surface area contributed by atoms with Gasteiger partial charge in [-0.15, -0.1) is 10.2 Å². The molecule has 1 saturated heterocycles. The number of carbonyl (C=O) groups is 1. The summed E-state index contributed by atoms with van der Waals surface area (Å²) in [6, 6.07) is 18.1. The Morgan fingerprint density at radius 3 is 2.60 bits per heavy atom. The molecule has 156 valence electrons. The number of aromatic nitrogens is 3. The second-order valence-corrected chi connectivity index (χ2v) is 8.98. The Morgan fingerprint density at radius 1 is 1.10 bits per heavy atom. The molecule has 2 aromatic carbocycles. The van der Waals surface area contributed by atoms with Crippen LogP contribution >= 0.6 is 23.4 Å². The van der Waals surface area contributed by atoms with E-state index in [1.54, 1.807) is 0 Å². The van der Waals surface area contributed by atoms with Crippen LogP contribution in [0.1, 0.15) is 31.7 Å². The number of rotatable bonds is 6. The molecule has 5 nitrogen and oxygen atoms in total. The molecule has 1 aromatic heterocycles. The molecule has 1 fully saturated rings. The summed E-state index contributed by atoms with van der Waals surface area (Å²) in [6.07, 6.45) is 3.38. The summed E-state index contributed by atoms with van der Waals surface area (Å²) < 4.78 is 2.08. The van der Waals surface area contributed by atoms with Gasteiger partial charge in [0.25, 0.3) is 0 Å². The van der Waals surface area contributed by atoms with E-state index in [4.69, 9.17) is 11.6 Å². The van der Waals surface area contributed by atoms with Crippen molar-refractivity contribution in [1.29, 1.82) is 0 Å². The van der Waals surface area contributed by atoms with E-state index in [1.807, 2.05) is 47.4 Å². The van der Waals surface area contributed by atoms with Crippen LogP contribution in [0, 0.1) is 0 Å². The summed E-state index contributed by atoms with van der Waals surface area (Å²) >= 11 is 7.52. The molecule has 30 heavy (non-hydrogen) atoms. The number of likely N-dealkylation sites (tertiary alicyclic amines) is 1. The molecule has 7 heteroatoms. The molecule has 4 rings (SSSR count). The third-order valence-electron chi connectivity index (χ3n) is 5.45. The van der Waals surface area contributed by atoms with Gasteiger partial charge < -0.3 is 4.90 Å². The Balaban J connectivity index is 1.57. The summed E-state index contributed by atoms with van der Waals surface area (Å²) in [5.74, 6) is 1.32. The van der Waals surface area contributed by atoms with Gasteiger partial charge in [-0.1, -0.05) is 53.7 Å². The lowest BCUT2D eigenvalue weighted by atomic mass is 10.0. The predicted molar refractivity (Wildman–Crippen MR) is 122 cm³/mol. The van der Waals surface area contributed by atoms with Gasteiger partial charge in [0.2, 0.25) is 5.91 Å². The zero-order chi connectivity index (χ0) is 20.9. The lowest BCUT2D eigenvalue weighted by Crippen LogP contribution is -2.43. The smallest absolute Gasteiger partial charge is 0.233 e. The second-order valence-electron chi connectivity index (χ2n) is 7.61. The van der Waals surface area contributed by atoms with Crippen molar-refractivity contribution in [3.8, 4) is 11.4 Å². The first kappa shape index (κ1) is 20.9. The molecular formula is C23H25ClN4OS. The number of hydrogen-bond acceptors (Lipinski definition) is 4. The molecule has 2 heterocycles. The lowest BCUT2D eigenvalue weighted by Gasteiger charge is -2.33. The number of benzene rings is 2. The Hall–Kier alpha value is -2.31. The second kappa shape index (κ2) is 9.67. The monoisotopic (exact) mass is 440 g/mol. The van der Waals surface area contributed by atoms with Crippen molar-refractivity contribution in [1.82, 2.24) is 19.7 Å². The fraction of sp³-hybridized carbons (Fsp3) is 0.348. The molecular weight excluding hydrogens is 416 g/mol. The van der Waals surface area contributed by atoms with Crippen molar-refractivity contribution in [2.24, 2.45) is 0 Å². The first-order valence-electron chi connectivity index (χ1n) is 10.3. The molecule has 0 bridgehead atoms. The molecule has 0 radical (unpaired) electrons. The molecule has 1 aliphatic rings. The van der Waals surface area contributed by atoms with Crippen LogP contribution in [0.4, 0.5) is 0 Å². The molecule has 0 spiro atoms. The van der Waals surface area contributed by atoms with E-state index in [9.17, 15) is 4.79 Å². The first-order chi connectivity index (χ1) is 14.6. The lowest BCUT2D eigenvalue weighted by molar-refractivity contribution is -0.131. The van der Waals surface area contributed by atoms with Crippen molar-refractivity contribution in [3.63, 3.8) is 0 Å². The number of halogens is 1. The third kappa shape index (κ3) is 4.87. The summed E-state index contributed by atoms with van der Waals surface area (Å²) in [4.78, 5) is 14.8. The summed E-state index contributed by atoms with van der Waals surface area (Å²) in [5.41, 5.74) is 2.11. The average Bonchev–Trinajstić information content (AvgIpc) is 3.16. The zero-order valence-electron chi connectivity index (χ0n) is 17.0. The van der Waals surface area contributed by atoms with Crippen LogP contribution < -0.4 is 0 Å². The third-order valence-corrected chi connectivity index (χ3v) is 6.65. The maximum atomic E-state index is 12.8. The zero-order valence-corrected chi connectivity index (χ0v) is 18.6. The van der Waals surface area contributed by atoms with E-state index >= 15 is 0 Å². The van der Waals surface area contributed by atoms with Gasteiger partial charge in [-0.2, -0.15) is 0 Å². The summed E-state index contributed by atoms with van der Waals surface area (Å²) in [6.45, 7) is 3.63. The molecule has 0 unspecified atom stereocenters. The quantitative estimate of drug-likeness (QED) is 0.498. The van der Waals surface area contributed by atoms with Crippen LogP contribution in [0.25, 0.3) is 11.4 Å². The predicted octanol–water partition coefficient (Wildman–Crippen LogP) is 5.14. The van der Waals surface area contributed by atoms with Gasteiger partial charge in [0, 0.05) is 23.2 Å². The molecule has 1 atom stereocenters. The summed E-state index contributed by atoms with van der Waals surface area (Å²) in [7, 11) is 0. The number of amides is 1. The topological polar surface area (TPSA) is 51.0 Å². The first-order valence-corrected chi connectivity index (χ1v) is 11.6. The van der Waals surface area contributed by atoms with E-state index in [0.29, 0.717) is 23.4 Å². The minimum absolute atomic E-state index is 0.175. The molecule has 0 aliphatic carbocycles. The van der Waals surface area contributed by atoms with Crippen LogP contribution in [0.3, 0.4) is 0 Å². The van der Waals surface area contributed by atoms with Gasteiger partial charge in [-0.25, -0.2) is 0 Å². The van der Waals surface area contributed by atoms with Crippen molar-refractivity contribution in [3.05, 3.63) is 65.2 Å². The van der Waals surface area contributed by atoms with Gasteiger partial charge >= 0.3 is 0 Å². The normalized spacial score (nSPS) is 16.6. The maximum Gasteiger partial charge on any atom is 0.233 e. The number of carbonyl (C=O) groups excluding carboxylic acids is 1. The standard InChI is InChI=1S/C23H25ClN4OS/c1-17-7-5-6-14-27(17)21(29)16-30-23-26-25-22(19-10-12-20(24)13-11-19)28(23)15-18-8-3-2-4-9-18/h2-4,8-13,17H,5-7,14-16H2,1H3/t17-/m0/s1. The Labute approximate surface area is 186 Å². The Bertz CT molecular complexity index is 990. The molecule has 3 aromatic rings. The van der Waals surface area contributed by atoms with Gasteiger partial charge in [-0.05, 0) is 56.0 Å². The highest BCUT2D eigenvalue weighted by molar-refractivity contribution is 7.99. The van der Waals surface area contributed by atoms with Crippen molar-refractivity contribution >= 4 is 29.3 Å². The van der Waals surface area contributed by atoms with Gasteiger partial charge in [0.15, 0.2) is 11.0 Å². The van der Waals surface area contributed by atoms with Gasteiger partial charge in [-0.3, -0.25) is 9.36 Å².